The highest BCUT2D eigenvalue weighted by Crippen LogP contribution is 2.36. The fourth-order valence-corrected chi connectivity index (χ4v) is 4.27. The number of hydrogen-bond acceptors (Lipinski definition) is 5. The number of alkyl halides is 3. The molecule has 0 atom stereocenters. The molecule has 0 fully saturated rings. The monoisotopic (exact) mass is 502 g/mol. The largest absolute Gasteiger partial charge is 0.489 e. The first-order valence-electron chi connectivity index (χ1n) is 11.8. The number of nitrogens with zero attached hydrogens (tertiary/aromatic N) is 1. The minimum Gasteiger partial charge on any atom is -0.489 e. The van der Waals surface area contributed by atoms with Crippen LogP contribution in [0.25, 0.3) is 6.08 Å². The molecule has 0 spiro atoms. The Morgan fingerprint density at radius 2 is 2.03 bits per heavy atom. The smallest absolute Gasteiger partial charge is 0.418 e. The summed E-state index contributed by atoms with van der Waals surface area (Å²) in [5.41, 5.74) is 2.06. The maximum Gasteiger partial charge on any atom is 0.418 e. The van der Waals surface area contributed by atoms with Crippen LogP contribution in [0.4, 0.5) is 18.9 Å². The lowest BCUT2D eigenvalue weighted by Gasteiger charge is -2.28. The van der Waals surface area contributed by atoms with Crippen LogP contribution in [0, 0.1) is 0 Å². The van der Waals surface area contributed by atoms with Crippen molar-refractivity contribution in [3.8, 4) is 11.5 Å². The van der Waals surface area contributed by atoms with E-state index in [4.69, 9.17) is 9.47 Å². The van der Waals surface area contributed by atoms with Crippen molar-refractivity contribution < 1.29 is 32.5 Å². The number of fused-ring (bicyclic) bond motifs is 1. The van der Waals surface area contributed by atoms with E-state index in [2.05, 4.69) is 10.2 Å². The molecule has 6 nitrogen and oxygen atoms in total. The minimum atomic E-state index is -4.48. The van der Waals surface area contributed by atoms with Gasteiger partial charge < -0.3 is 19.9 Å². The Labute approximate surface area is 208 Å². The SMILES string of the molecule is CC(C)Nc1ccc(COc2ccc3c(c2)OCC(CN2CCC=C(C(=O)O)C2)=C3)cc1C(F)(F)F. The molecule has 2 heterocycles. The summed E-state index contributed by atoms with van der Waals surface area (Å²) >= 11 is 0. The number of carbonyl (C=O) groups is 1. The number of hydrogen-bond donors (Lipinski definition) is 2. The molecule has 2 aliphatic rings. The van der Waals surface area contributed by atoms with E-state index in [9.17, 15) is 23.1 Å². The number of nitrogens with one attached hydrogen (secondary N) is 1. The fourth-order valence-electron chi connectivity index (χ4n) is 4.27. The minimum absolute atomic E-state index is 0.0146. The van der Waals surface area contributed by atoms with Crippen molar-refractivity contribution in [2.75, 3.05) is 31.6 Å². The number of rotatable bonds is 8. The van der Waals surface area contributed by atoms with Gasteiger partial charge in [0.1, 0.15) is 24.7 Å². The lowest BCUT2D eigenvalue weighted by atomic mass is 10.0. The summed E-state index contributed by atoms with van der Waals surface area (Å²) in [5, 5.41) is 12.1. The molecule has 9 heteroatoms. The Kier molecular flexibility index (Phi) is 7.59. The molecule has 2 N–H and O–H groups in total. The normalized spacial score (nSPS) is 16.1. The highest BCUT2D eigenvalue weighted by atomic mass is 19.4. The lowest BCUT2D eigenvalue weighted by molar-refractivity contribution is -0.137. The van der Waals surface area contributed by atoms with E-state index < -0.39 is 17.7 Å². The molecule has 0 bridgehead atoms. The molecule has 4 rings (SSSR count). The van der Waals surface area contributed by atoms with Crippen LogP contribution in [0.5, 0.6) is 11.5 Å². The molecule has 2 aliphatic heterocycles. The molecule has 192 valence electrons. The van der Waals surface area contributed by atoms with Crippen LogP contribution in [0.15, 0.2) is 53.6 Å². The second-order valence-corrected chi connectivity index (χ2v) is 9.29. The van der Waals surface area contributed by atoms with Gasteiger partial charge in [-0.15, -0.1) is 0 Å². The zero-order chi connectivity index (χ0) is 25.9. The first-order valence-corrected chi connectivity index (χ1v) is 11.8. The molecule has 2 aromatic rings. The van der Waals surface area contributed by atoms with Gasteiger partial charge in [0, 0.05) is 48.6 Å². The van der Waals surface area contributed by atoms with Gasteiger partial charge in [-0.1, -0.05) is 12.1 Å². The van der Waals surface area contributed by atoms with Crippen LogP contribution in [-0.4, -0.2) is 48.3 Å². The number of ether oxygens (including phenoxy) is 2. The molecule has 2 aromatic carbocycles. The summed E-state index contributed by atoms with van der Waals surface area (Å²) in [6, 6.07) is 9.37. The highest BCUT2D eigenvalue weighted by Gasteiger charge is 2.34. The zero-order valence-corrected chi connectivity index (χ0v) is 20.2. The number of halogens is 3. The van der Waals surface area contributed by atoms with Crippen molar-refractivity contribution in [1.29, 1.82) is 0 Å². The Bertz CT molecular complexity index is 1190. The molecule has 0 aliphatic carbocycles. The topological polar surface area (TPSA) is 71.0 Å². The summed E-state index contributed by atoms with van der Waals surface area (Å²) in [4.78, 5) is 13.3. The first kappa shape index (κ1) is 25.6. The van der Waals surface area contributed by atoms with Crippen LogP contribution in [0.1, 0.15) is 37.0 Å². The number of anilines is 1. The number of benzene rings is 2. The van der Waals surface area contributed by atoms with Crippen molar-refractivity contribution >= 4 is 17.7 Å². The van der Waals surface area contributed by atoms with Gasteiger partial charge in [-0.3, -0.25) is 4.90 Å². The molecule has 0 unspecified atom stereocenters. The molecule has 0 radical (unpaired) electrons. The Morgan fingerprint density at radius 3 is 2.75 bits per heavy atom. The molecule has 0 aromatic heterocycles. The van der Waals surface area contributed by atoms with Crippen molar-refractivity contribution in [2.24, 2.45) is 0 Å². The maximum absolute atomic E-state index is 13.5. The highest BCUT2D eigenvalue weighted by molar-refractivity contribution is 5.87. The predicted octanol–water partition coefficient (Wildman–Crippen LogP) is 5.60. The van der Waals surface area contributed by atoms with Gasteiger partial charge >= 0.3 is 12.1 Å². The summed E-state index contributed by atoms with van der Waals surface area (Å²) in [6.07, 6.45) is 0.0186. The van der Waals surface area contributed by atoms with E-state index in [1.54, 1.807) is 38.1 Å². The van der Waals surface area contributed by atoms with Crippen LogP contribution in [-0.2, 0) is 17.6 Å². The van der Waals surface area contributed by atoms with Crippen LogP contribution >= 0.6 is 0 Å². The molecular formula is C27H29F3N2O4. The van der Waals surface area contributed by atoms with E-state index in [0.717, 1.165) is 23.7 Å². The lowest BCUT2D eigenvalue weighted by Crippen LogP contribution is -2.34. The number of carboxylic acids is 1. The van der Waals surface area contributed by atoms with Gasteiger partial charge in [-0.05, 0) is 61.7 Å². The second-order valence-electron chi connectivity index (χ2n) is 9.29. The predicted molar refractivity (Wildman–Crippen MR) is 131 cm³/mol. The molecular weight excluding hydrogens is 473 g/mol. The van der Waals surface area contributed by atoms with Crippen molar-refractivity contribution in [2.45, 2.75) is 39.1 Å². The maximum atomic E-state index is 13.5. The summed E-state index contributed by atoms with van der Waals surface area (Å²) in [6.45, 7) is 5.74. The molecule has 36 heavy (non-hydrogen) atoms. The van der Waals surface area contributed by atoms with Crippen LogP contribution < -0.4 is 14.8 Å². The Balaban J connectivity index is 1.40. The van der Waals surface area contributed by atoms with Crippen LogP contribution in [0.3, 0.4) is 0 Å². The van der Waals surface area contributed by atoms with E-state index in [0.29, 0.717) is 48.8 Å². The van der Waals surface area contributed by atoms with E-state index >= 15 is 0 Å². The van der Waals surface area contributed by atoms with Crippen molar-refractivity contribution in [3.05, 3.63) is 70.3 Å². The fraction of sp³-hybridized carbons (Fsp3) is 0.370. The molecule has 0 amide bonds. The third kappa shape index (κ3) is 6.40. The first-order chi connectivity index (χ1) is 17.1. The van der Waals surface area contributed by atoms with Gasteiger partial charge in [0.05, 0.1) is 5.56 Å². The summed E-state index contributed by atoms with van der Waals surface area (Å²) in [7, 11) is 0. The van der Waals surface area contributed by atoms with Gasteiger partial charge in [-0.2, -0.15) is 13.2 Å². The van der Waals surface area contributed by atoms with E-state index in [1.165, 1.54) is 6.07 Å². The third-order valence-electron chi connectivity index (χ3n) is 5.93. The van der Waals surface area contributed by atoms with Crippen LogP contribution in [0.2, 0.25) is 0 Å². The van der Waals surface area contributed by atoms with Gasteiger partial charge in [-0.25, -0.2) is 4.79 Å². The molecule has 0 saturated carbocycles. The summed E-state index contributed by atoms with van der Waals surface area (Å²) in [5.74, 6) is 0.244. The van der Waals surface area contributed by atoms with E-state index in [-0.39, 0.29) is 18.3 Å². The van der Waals surface area contributed by atoms with Gasteiger partial charge in [0.15, 0.2) is 0 Å². The number of aliphatic carboxylic acids is 1. The average Bonchev–Trinajstić information content (AvgIpc) is 2.82. The van der Waals surface area contributed by atoms with Crippen molar-refractivity contribution in [1.82, 2.24) is 4.90 Å². The summed E-state index contributed by atoms with van der Waals surface area (Å²) < 4.78 is 52.3. The Hall–Kier alpha value is -3.46. The van der Waals surface area contributed by atoms with Crippen molar-refractivity contribution in [3.63, 3.8) is 0 Å². The number of carboxylic acid groups (broad SMARTS) is 1. The standard InChI is InChI=1S/C27H29F3N2O4/c1-17(2)31-24-8-5-18(11-23(24)27(28,29)30)15-35-22-7-6-20-10-19(16-36-25(20)12-22)13-32-9-3-4-21(14-32)26(33)34/h4-8,10-12,17,31H,3,9,13-16H2,1-2H3,(H,33,34). The second kappa shape index (κ2) is 10.7. The quantitative estimate of drug-likeness (QED) is 0.490. The third-order valence-corrected chi connectivity index (χ3v) is 5.93. The van der Waals surface area contributed by atoms with E-state index in [1.807, 2.05) is 12.1 Å². The Morgan fingerprint density at radius 1 is 1.22 bits per heavy atom. The average molecular weight is 503 g/mol. The van der Waals surface area contributed by atoms with Gasteiger partial charge in [0.2, 0.25) is 0 Å². The van der Waals surface area contributed by atoms with Gasteiger partial charge in [0.25, 0.3) is 0 Å². The zero-order valence-electron chi connectivity index (χ0n) is 20.2. The molecule has 0 saturated heterocycles.